The van der Waals surface area contributed by atoms with Gasteiger partial charge in [0.25, 0.3) is 0 Å². The van der Waals surface area contributed by atoms with Gasteiger partial charge in [-0.05, 0) is 22.3 Å². The number of carbonyl (C=O) groups is 3. The van der Waals surface area contributed by atoms with Gasteiger partial charge in [-0.2, -0.15) is 5.10 Å². The monoisotopic (exact) mass is 458 g/mol. The van der Waals surface area contributed by atoms with Crippen molar-refractivity contribution in [2.24, 2.45) is 0 Å². The Morgan fingerprint density at radius 2 is 1.76 bits per heavy atom. The average molecular weight is 458 g/mol. The topological polar surface area (TPSA) is 123 Å². The molecule has 9 nitrogen and oxygen atoms in total. The molecule has 3 N–H and O–H groups in total. The molecule has 0 saturated carbocycles. The number of carboxylic acids is 1. The number of terminal acetylenes is 1. The number of nitrogens with zero attached hydrogens (tertiary/aromatic N) is 2. The lowest BCUT2D eigenvalue weighted by Gasteiger charge is -2.14. The summed E-state index contributed by atoms with van der Waals surface area (Å²) in [5.74, 6) is 0.358. The summed E-state index contributed by atoms with van der Waals surface area (Å²) in [7, 11) is 0. The zero-order valence-electron chi connectivity index (χ0n) is 18.1. The van der Waals surface area contributed by atoms with Gasteiger partial charge in [0.05, 0.1) is 11.9 Å². The lowest BCUT2D eigenvalue weighted by Crippen LogP contribution is -2.42. The van der Waals surface area contributed by atoms with Gasteiger partial charge < -0.3 is 15.2 Å². The van der Waals surface area contributed by atoms with Crippen LogP contribution < -0.4 is 10.6 Å². The van der Waals surface area contributed by atoms with Crippen molar-refractivity contribution in [2.75, 3.05) is 11.9 Å². The quantitative estimate of drug-likeness (QED) is 0.446. The summed E-state index contributed by atoms with van der Waals surface area (Å²) in [6.07, 6.45) is 7.15. The number of hydrogen-bond acceptors (Lipinski definition) is 5. The Morgan fingerprint density at radius 1 is 1.12 bits per heavy atom. The van der Waals surface area contributed by atoms with E-state index in [9.17, 15) is 14.4 Å². The number of rotatable bonds is 8. The maximum Gasteiger partial charge on any atom is 0.411 e. The van der Waals surface area contributed by atoms with Gasteiger partial charge in [-0.15, -0.1) is 12.3 Å². The molecular weight excluding hydrogens is 436 g/mol. The smallest absolute Gasteiger partial charge is 0.411 e. The van der Waals surface area contributed by atoms with Crippen molar-refractivity contribution in [3.63, 3.8) is 0 Å². The van der Waals surface area contributed by atoms with E-state index in [2.05, 4.69) is 33.8 Å². The van der Waals surface area contributed by atoms with Gasteiger partial charge in [0.15, 0.2) is 0 Å². The molecule has 2 amide bonds. The second-order valence-corrected chi connectivity index (χ2v) is 7.74. The maximum atomic E-state index is 12.4. The Hall–Kier alpha value is -4.58. The second-order valence-electron chi connectivity index (χ2n) is 7.74. The van der Waals surface area contributed by atoms with Crippen LogP contribution in [0.15, 0.2) is 60.9 Å². The summed E-state index contributed by atoms with van der Waals surface area (Å²) in [6.45, 7) is -0.0666. The van der Waals surface area contributed by atoms with Crippen LogP contribution in [0, 0.1) is 12.3 Å². The molecule has 2 aromatic carbocycles. The number of nitrogens with one attached hydrogen (secondary N) is 2. The molecule has 9 heteroatoms. The van der Waals surface area contributed by atoms with Crippen molar-refractivity contribution >= 4 is 23.7 Å². The Bertz CT molecular complexity index is 1230. The largest absolute Gasteiger partial charge is 0.480 e. The van der Waals surface area contributed by atoms with Crippen LogP contribution in [0.2, 0.25) is 0 Å². The molecule has 0 saturated heterocycles. The van der Waals surface area contributed by atoms with E-state index in [1.165, 1.54) is 17.1 Å². The van der Waals surface area contributed by atoms with Gasteiger partial charge in [-0.25, -0.2) is 9.59 Å². The molecule has 0 spiro atoms. The fourth-order valence-corrected chi connectivity index (χ4v) is 3.97. The predicted molar refractivity (Wildman–Crippen MR) is 124 cm³/mol. The van der Waals surface area contributed by atoms with Gasteiger partial charge in [-0.1, -0.05) is 48.5 Å². The van der Waals surface area contributed by atoms with E-state index in [-0.39, 0.29) is 25.5 Å². The van der Waals surface area contributed by atoms with Crippen LogP contribution in [0.3, 0.4) is 0 Å². The molecule has 172 valence electrons. The molecule has 0 bridgehead atoms. The molecule has 0 radical (unpaired) electrons. The third kappa shape index (κ3) is 4.91. The number of fused-ring (bicyclic) bond motifs is 3. The Kier molecular flexibility index (Phi) is 6.59. The maximum absolute atomic E-state index is 12.4. The number of hydrogen-bond donors (Lipinski definition) is 3. The molecule has 1 atom stereocenters. The number of aromatic nitrogens is 2. The van der Waals surface area contributed by atoms with Crippen LogP contribution in [0.5, 0.6) is 0 Å². The number of amides is 2. The number of aliphatic carboxylic acids is 1. The SMILES string of the molecule is C#CCC(NC(=O)Cn1cc(NC(=O)OCC2c3ccccc3-c3ccccc32)cn1)C(=O)O. The van der Waals surface area contributed by atoms with Crippen LogP contribution in [-0.2, 0) is 20.9 Å². The zero-order valence-corrected chi connectivity index (χ0v) is 18.1. The second kappa shape index (κ2) is 9.92. The van der Waals surface area contributed by atoms with Crippen LogP contribution in [-0.4, -0.2) is 45.5 Å². The summed E-state index contributed by atoms with van der Waals surface area (Å²) in [5.41, 5.74) is 4.83. The van der Waals surface area contributed by atoms with Crippen molar-refractivity contribution in [1.29, 1.82) is 0 Å². The molecule has 1 aliphatic carbocycles. The van der Waals surface area contributed by atoms with Crippen LogP contribution in [0.1, 0.15) is 23.5 Å². The minimum Gasteiger partial charge on any atom is -0.480 e. The van der Waals surface area contributed by atoms with E-state index in [0.717, 1.165) is 22.3 Å². The van der Waals surface area contributed by atoms with E-state index < -0.39 is 24.0 Å². The van der Waals surface area contributed by atoms with Gasteiger partial charge in [0.2, 0.25) is 5.91 Å². The number of anilines is 1. The highest BCUT2D eigenvalue weighted by Gasteiger charge is 2.29. The highest BCUT2D eigenvalue weighted by molar-refractivity contribution is 5.85. The minimum atomic E-state index is -1.22. The average Bonchev–Trinajstić information content (AvgIpc) is 3.39. The Balaban J connectivity index is 1.32. The van der Waals surface area contributed by atoms with Gasteiger partial charge in [-0.3, -0.25) is 14.8 Å². The molecule has 1 aromatic heterocycles. The van der Waals surface area contributed by atoms with E-state index in [1.54, 1.807) is 0 Å². The summed E-state index contributed by atoms with van der Waals surface area (Å²) in [5, 5.41) is 18.0. The van der Waals surface area contributed by atoms with E-state index in [4.69, 9.17) is 16.3 Å². The molecule has 4 rings (SSSR count). The zero-order chi connectivity index (χ0) is 24.1. The minimum absolute atomic E-state index is 0.0604. The van der Waals surface area contributed by atoms with Crippen molar-refractivity contribution in [1.82, 2.24) is 15.1 Å². The molecule has 1 unspecified atom stereocenters. The fourth-order valence-electron chi connectivity index (χ4n) is 3.97. The summed E-state index contributed by atoms with van der Waals surface area (Å²) >= 11 is 0. The summed E-state index contributed by atoms with van der Waals surface area (Å²) < 4.78 is 6.76. The van der Waals surface area contributed by atoms with E-state index in [1.807, 2.05) is 36.4 Å². The highest BCUT2D eigenvalue weighted by atomic mass is 16.5. The van der Waals surface area contributed by atoms with Crippen LogP contribution in [0.25, 0.3) is 11.1 Å². The first kappa shape index (κ1) is 22.6. The third-order valence-electron chi connectivity index (χ3n) is 5.48. The lowest BCUT2D eigenvalue weighted by atomic mass is 9.98. The Morgan fingerprint density at radius 3 is 2.38 bits per heavy atom. The standard InChI is InChI=1S/C25H22N4O5/c1-2-7-22(24(31)32)28-23(30)14-29-13-16(12-26-29)27-25(33)34-15-21-19-10-5-3-8-17(19)18-9-4-6-11-20(18)21/h1,3-6,8-13,21-22H,7,14-15H2,(H,27,33)(H,28,30)(H,31,32). The number of carboxylic acid groups (broad SMARTS) is 1. The normalized spacial score (nSPS) is 12.7. The number of benzene rings is 2. The molecule has 3 aromatic rings. The predicted octanol–water partition coefficient (Wildman–Crippen LogP) is 2.84. The van der Waals surface area contributed by atoms with Gasteiger partial charge in [0.1, 0.15) is 19.2 Å². The summed E-state index contributed by atoms with van der Waals surface area (Å²) in [4.78, 5) is 35.6. The van der Waals surface area contributed by atoms with Crippen molar-refractivity contribution < 1.29 is 24.2 Å². The molecule has 1 aliphatic rings. The summed E-state index contributed by atoms with van der Waals surface area (Å²) in [6, 6.07) is 14.9. The van der Waals surface area contributed by atoms with Gasteiger partial charge >= 0.3 is 12.1 Å². The Labute approximate surface area is 195 Å². The number of carbonyl (C=O) groups excluding carboxylic acids is 2. The third-order valence-corrected chi connectivity index (χ3v) is 5.48. The molecular formula is C25H22N4O5. The fraction of sp³-hybridized carbons (Fsp3) is 0.200. The van der Waals surface area contributed by atoms with Crippen molar-refractivity contribution in [2.45, 2.75) is 24.9 Å². The number of ether oxygens (including phenoxy) is 1. The first-order chi connectivity index (χ1) is 16.5. The molecule has 34 heavy (non-hydrogen) atoms. The van der Waals surface area contributed by atoms with E-state index in [0.29, 0.717) is 5.69 Å². The molecule has 1 heterocycles. The van der Waals surface area contributed by atoms with Crippen LogP contribution >= 0.6 is 0 Å². The lowest BCUT2D eigenvalue weighted by molar-refractivity contribution is -0.141. The van der Waals surface area contributed by atoms with Crippen molar-refractivity contribution in [3.8, 4) is 23.5 Å². The first-order valence-electron chi connectivity index (χ1n) is 10.6. The van der Waals surface area contributed by atoms with E-state index >= 15 is 0 Å². The van der Waals surface area contributed by atoms with Crippen LogP contribution in [0.4, 0.5) is 10.5 Å². The highest BCUT2D eigenvalue weighted by Crippen LogP contribution is 2.44. The molecule has 0 aliphatic heterocycles. The first-order valence-corrected chi connectivity index (χ1v) is 10.6. The van der Waals surface area contributed by atoms with Gasteiger partial charge in [0, 0.05) is 18.5 Å². The molecule has 0 fully saturated rings. The van der Waals surface area contributed by atoms with Crippen molar-refractivity contribution in [3.05, 3.63) is 72.1 Å².